The smallest absolute Gasteiger partial charge is 0.160 e. The molecule has 0 radical (unpaired) electrons. The van der Waals surface area contributed by atoms with Gasteiger partial charge in [-0.25, -0.2) is 19.3 Å². The minimum Gasteiger partial charge on any atom is -0.379 e. The Hall–Kier alpha value is -3.33. The molecule has 9 heteroatoms. The highest BCUT2D eigenvalue weighted by Gasteiger charge is 2.25. The number of para-hydroxylation sites is 2. The zero-order valence-electron chi connectivity index (χ0n) is 19.2. The number of aromatic nitrogens is 5. The number of rotatable bonds is 5. The van der Waals surface area contributed by atoms with E-state index in [-0.39, 0.29) is 6.04 Å². The molecule has 176 valence electrons. The van der Waals surface area contributed by atoms with Crippen LogP contribution in [0, 0.1) is 0 Å². The summed E-state index contributed by atoms with van der Waals surface area (Å²) in [6.07, 6.45) is 2.51. The zero-order valence-corrected chi connectivity index (χ0v) is 19.2. The number of ether oxygens (including phenoxy) is 1. The van der Waals surface area contributed by atoms with E-state index in [1.165, 1.54) is 0 Å². The quantitative estimate of drug-likeness (QED) is 0.480. The second kappa shape index (κ2) is 8.79. The standard InChI is InChI=1S/C25H28FN7O/c1-2-18-25(29-20-8-4-3-7-19(20)28-18)21-12-23-30-22(32-10-9-16(26)14-32)13-24(33(23)31-21)27-17-6-5-11-34-15-17/h3-4,7-8,12-13,16-17,27H,2,5-6,9-11,14-15H2,1H3/t16-,17+/m1/s1. The number of fused-ring (bicyclic) bond motifs is 2. The van der Waals surface area contributed by atoms with E-state index in [1.807, 2.05) is 45.8 Å². The molecule has 3 aromatic heterocycles. The van der Waals surface area contributed by atoms with Crippen LogP contribution in [0.5, 0.6) is 0 Å². The highest BCUT2D eigenvalue weighted by Crippen LogP contribution is 2.29. The summed E-state index contributed by atoms with van der Waals surface area (Å²) in [5, 5.41) is 8.50. The van der Waals surface area contributed by atoms with Crippen molar-refractivity contribution in [2.75, 3.05) is 36.5 Å². The third-order valence-electron chi connectivity index (χ3n) is 6.60. The molecular formula is C25H28FN7O. The van der Waals surface area contributed by atoms with Crippen LogP contribution in [-0.4, -0.2) is 63.1 Å². The van der Waals surface area contributed by atoms with Gasteiger partial charge in [0.1, 0.15) is 29.2 Å². The number of alkyl halides is 1. The predicted octanol–water partition coefficient (Wildman–Crippen LogP) is 4.04. The number of anilines is 2. The summed E-state index contributed by atoms with van der Waals surface area (Å²) in [5.41, 5.74) is 4.81. The van der Waals surface area contributed by atoms with Gasteiger partial charge in [0.15, 0.2) is 5.65 Å². The maximum Gasteiger partial charge on any atom is 0.160 e. The first kappa shape index (κ1) is 21.2. The normalized spacial score (nSPS) is 20.9. The summed E-state index contributed by atoms with van der Waals surface area (Å²) >= 11 is 0. The summed E-state index contributed by atoms with van der Waals surface area (Å²) in [5.74, 6) is 1.59. The maximum atomic E-state index is 13.9. The largest absolute Gasteiger partial charge is 0.379 e. The Morgan fingerprint density at radius 1 is 1.12 bits per heavy atom. The van der Waals surface area contributed by atoms with E-state index < -0.39 is 6.17 Å². The molecule has 0 aliphatic carbocycles. The van der Waals surface area contributed by atoms with Gasteiger partial charge in [0.25, 0.3) is 0 Å². The Morgan fingerprint density at radius 2 is 1.97 bits per heavy atom. The second-order valence-electron chi connectivity index (χ2n) is 9.05. The van der Waals surface area contributed by atoms with Gasteiger partial charge in [-0.2, -0.15) is 9.61 Å². The van der Waals surface area contributed by atoms with Crippen molar-refractivity contribution in [1.29, 1.82) is 0 Å². The molecule has 0 spiro atoms. The van der Waals surface area contributed by atoms with Crippen molar-refractivity contribution in [3.8, 4) is 11.4 Å². The van der Waals surface area contributed by atoms with Gasteiger partial charge >= 0.3 is 0 Å². The fourth-order valence-electron chi connectivity index (χ4n) is 4.82. The summed E-state index contributed by atoms with van der Waals surface area (Å²) in [4.78, 5) is 16.6. The summed E-state index contributed by atoms with van der Waals surface area (Å²) in [7, 11) is 0. The molecule has 0 unspecified atom stereocenters. The molecule has 34 heavy (non-hydrogen) atoms. The van der Waals surface area contributed by atoms with Crippen LogP contribution in [0.2, 0.25) is 0 Å². The molecule has 2 saturated heterocycles. The Bertz CT molecular complexity index is 1330. The van der Waals surface area contributed by atoms with Crippen LogP contribution in [0.1, 0.15) is 31.9 Å². The van der Waals surface area contributed by atoms with E-state index in [0.717, 1.165) is 65.6 Å². The molecule has 5 heterocycles. The Labute approximate surface area is 197 Å². The zero-order chi connectivity index (χ0) is 23.1. The predicted molar refractivity (Wildman–Crippen MR) is 130 cm³/mol. The minimum atomic E-state index is -0.818. The molecule has 0 bridgehead atoms. The molecule has 1 aromatic carbocycles. The maximum absolute atomic E-state index is 13.9. The van der Waals surface area contributed by atoms with Crippen molar-refractivity contribution in [1.82, 2.24) is 24.6 Å². The monoisotopic (exact) mass is 461 g/mol. The molecule has 4 aromatic rings. The van der Waals surface area contributed by atoms with Gasteiger partial charge in [-0.05, 0) is 37.8 Å². The third kappa shape index (κ3) is 3.94. The van der Waals surface area contributed by atoms with E-state index in [4.69, 9.17) is 24.8 Å². The number of benzene rings is 1. The van der Waals surface area contributed by atoms with Crippen LogP contribution >= 0.6 is 0 Å². The summed E-state index contributed by atoms with van der Waals surface area (Å²) < 4.78 is 21.4. The minimum absolute atomic E-state index is 0.194. The van der Waals surface area contributed by atoms with Crippen LogP contribution in [0.25, 0.3) is 28.1 Å². The third-order valence-corrected chi connectivity index (χ3v) is 6.60. The van der Waals surface area contributed by atoms with Gasteiger partial charge in [0.2, 0.25) is 0 Å². The van der Waals surface area contributed by atoms with Gasteiger partial charge in [-0.1, -0.05) is 19.1 Å². The Balaban J connectivity index is 1.46. The van der Waals surface area contributed by atoms with Crippen molar-refractivity contribution in [2.45, 2.75) is 44.8 Å². The molecule has 1 N–H and O–H groups in total. The number of nitrogens with zero attached hydrogens (tertiary/aromatic N) is 6. The van der Waals surface area contributed by atoms with Crippen LogP contribution in [0.15, 0.2) is 36.4 Å². The molecule has 2 aliphatic rings. The molecule has 8 nitrogen and oxygen atoms in total. The van der Waals surface area contributed by atoms with Gasteiger partial charge in [0, 0.05) is 25.3 Å². The van der Waals surface area contributed by atoms with Crippen LogP contribution in [0.4, 0.5) is 16.0 Å². The lowest BCUT2D eigenvalue weighted by molar-refractivity contribution is 0.0874. The first-order valence-electron chi connectivity index (χ1n) is 12.1. The molecule has 2 fully saturated rings. The SMILES string of the molecule is CCc1nc2ccccc2nc1-c1cc2nc(N3CC[C@@H](F)C3)cc(N[C@H]3CCCOC3)n2n1. The van der Waals surface area contributed by atoms with Crippen molar-refractivity contribution >= 4 is 28.3 Å². The van der Waals surface area contributed by atoms with Gasteiger partial charge in [-0.3, -0.25) is 0 Å². The van der Waals surface area contributed by atoms with Crippen molar-refractivity contribution in [3.05, 3.63) is 42.1 Å². The number of hydrogen-bond donors (Lipinski definition) is 1. The lowest BCUT2D eigenvalue weighted by Gasteiger charge is -2.25. The fraction of sp³-hybridized carbons (Fsp3) is 0.440. The molecule has 6 rings (SSSR count). The van der Waals surface area contributed by atoms with Crippen LogP contribution in [0.3, 0.4) is 0 Å². The molecular weight excluding hydrogens is 433 g/mol. The fourth-order valence-corrected chi connectivity index (χ4v) is 4.82. The van der Waals surface area contributed by atoms with Gasteiger partial charge in [-0.15, -0.1) is 0 Å². The second-order valence-corrected chi connectivity index (χ2v) is 9.05. The molecule has 2 atom stereocenters. The lowest BCUT2D eigenvalue weighted by atomic mass is 10.1. The van der Waals surface area contributed by atoms with Crippen molar-refractivity contribution in [2.24, 2.45) is 0 Å². The Morgan fingerprint density at radius 3 is 2.71 bits per heavy atom. The number of hydrogen-bond acceptors (Lipinski definition) is 7. The van der Waals surface area contributed by atoms with Crippen molar-refractivity contribution < 1.29 is 9.13 Å². The molecule has 0 amide bonds. The molecule has 2 aliphatic heterocycles. The number of aryl methyl sites for hydroxylation is 1. The van der Waals surface area contributed by atoms with E-state index >= 15 is 0 Å². The van der Waals surface area contributed by atoms with E-state index in [0.29, 0.717) is 31.8 Å². The number of nitrogens with one attached hydrogen (secondary N) is 1. The average Bonchev–Trinajstić information content (AvgIpc) is 3.50. The van der Waals surface area contributed by atoms with Gasteiger partial charge in [0.05, 0.1) is 35.9 Å². The van der Waals surface area contributed by atoms with E-state index in [2.05, 4.69) is 12.2 Å². The number of halogens is 1. The summed E-state index contributed by atoms with van der Waals surface area (Å²) in [6.45, 7) is 4.55. The van der Waals surface area contributed by atoms with Crippen molar-refractivity contribution in [3.63, 3.8) is 0 Å². The summed E-state index contributed by atoms with van der Waals surface area (Å²) in [6, 6.07) is 12.0. The molecule has 0 saturated carbocycles. The highest BCUT2D eigenvalue weighted by atomic mass is 19.1. The van der Waals surface area contributed by atoms with Crippen LogP contribution < -0.4 is 10.2 Å². The van der Waals surface area contributed by atoms with Crippen LogP contribution in [-0.2, 0) is 11.2 Å². The Kier molecular flexibility index (Phi) is 5.49. The first-order chi connectivity index (χ1) is 16.7. The topological polar surface area (TPSA) is 80.5 Å². The van der Waals surface area contributed by atoms with E-state index in [9.17, 15) is 4.39 Å². The lowest BCUT2D eigenvalue weighted by Crippen LogP contribution is -2.31. The van der Waals surface area contributed by atoms with E-state index in [1.54, 1.807) is 0 Å². The van der Waals surface area contributed by atoms with Gasteiger partial charge < -0.3 is 15.0 Å². The highest BCUT2D eigenvalue weighted by molar-refractivity contribution is 5.78. The average molecular weight is 462 g/mol. The first-order valence-corrected chi connectivity index (χ1v) is 12.1.